The third-order valence-corrected chi connectivity index (χ3v) is 4.94. The van der Waals surface area contributed by atoms with Crippen LogP contribution in [0.25, 0.3) is 0 Å². The van der Waals surface area contributed by atoms with Crippen LogP contribution in [0.15, 0.2) is 0 Å². The Morgan fingerprint density at radius 2 is 2.10 bits per heavy atom. The van der Waals surface area contributed by atoms with Gasteiger partial charge in [0.15, 0.2) is 0 Å². The van der Waals surface area contributed by atoms with E-state index in [1.165, 1.54) is 6.42 Å². The number of rotatable bonds is 8. The van der Waals surface area contributed by atoms with E-state index in [1.807, 2.05) is 6.92 Å². The first-order valence-corrected chi connectivity index (χ1v) is 8.28. The zero-order chi connectivity index (χ0) is 16.1. The fourth-order valence-corrected chi connectivity index (χ4v) is 3.85. The first-order valence-electron chi connectivity index (χ1n) is 8.28. The number of carboxylic acid groups (broad SMARTS) is 1. The van der Waals surface area contributed by atoms with Gasteiger partial charge in [-0.25, -0.2) is 0 Å². The highest BCUT2D eigenvalue weighted by molar-refractivity contribution is 5.78. The first kappa shape index (κ1) is 18.4. The predicted molar refractivity (Wildman–Crippen MR) is 85.5 cm³/mol. The molecule has 0 amide bonds. The van der Waals surface area contributed by atoms with Gasteiger partial charge in [0, 0.05) is 6.61 Å². The number of hydrogen-bond acceptors (Lipinski definition) is 3. The fourth-order valence-electron chi connectivity index (χ4n) is 3.85. The van der Waals surface area contributed by atoms with Gasteiger partial charge in [0.25, 0.3) is 0 Å². The van der Waals surface area contributed by atoms with E-state index in [2.05, 4.69) is 26.1 Å². The molecule has 0 heterocycles. The molecule has 0 bridgehead atoms. The van der Waals surface area contributed by atoms with Crippen molar-refractivity contribution in [2.75, 3.05) is 13.7 Å². The summed E-state index contributed by atoms with van der Waals surface area (Å²) in [5.74, 6) is -0.0512. The minimum Gasteiger partial charge on any atom is -0.480 e. The Bertz CT molecular complexity index is 337. The number of likely N-dealkylation sites (N-methyl/N-ethyl adjacent to an activating group) is 1. The van der Waals surface area contributed by atoms with Gasteiger partial charge >= 0.3 is 5.97 Å². The average Bonchev–Trinajstić information content (AvgIpc) is 2.36. The second kappa shape index (κ2) is 7.59. The zero-order valence-electron chi connectivity index (χ0n) is 14.4. The van der Waals surface area contributed by atoms with Crippen LogP contribution < -0.4 is 5.32 Å². The molecule has 1 saturated carbocycles. The predicted octanol–water partition coefficient (Wildman–Crippen LogP) is 3.45. The second-order valence-corrected chi connectivity index (χ2v) is 7.50. The normalized spacial score (nSPS) is 28.0. The molecule has 3 unspecified atom stereocenters. The fraction of sp³-hybridized carbons (Fsp3) is 0.941. The number of aliphatic carboxylic acids is 1. The Morgan fingerprint density at radius 1 is 1.43 bits per heavy atom. The Labute approximate surface area is 129 Å². The third kappa shape index (κ3) is 5.26. The molecular weight excluding hydrogens is 266 g/mol. The lowest BCUT2D eigenvalue weighted by atomic mass is 9.71. The zero-order valence-corrected chi connectivity index (χ0v) is 14.4. The van der Waals surface area contributed by atoms with Crippen molar-refractivity contribution < 1.29 is 14.6 Å². The summed E-state index contributed by atoms with van der Waals surface area (Å²) in [5, 5.41) is 12.3. The van der Waals surface area contributed by atoms with Crippen molar-refractivity contribution in [1.82, 2.24) is 5.32 Å². The molecule has 0 aromatic heterocycles. The summed E-state index contributed by atoms with van der Waals surface area (Å²) in [7, 11) is 1.73. The van der Waals surface area contributed by atoms with Crippen LogP contribution in [0.3, 0.4) is 0 Å². The van der Waals surface area contributed by atoms with Crippen molar-refractivity contribution >= 4 is 5.97 Å². The van der Waals surface area contributed by atoms with Crippen LogP contribution in [0, 0.1) is 11.3 Å². The van der Waals surface area contributed by atoms with Crippen LogP contribution in [-0.2, 0) is 9.53 Å². The molecule has 2 N–H and O–H groups in total. The maximum absolute atomic E-state index is 11.4. The van der Waals surface area contributed by atoms with Crippen LogP contribution in [0.4, 0.5) is 0 Å². The number of hydrogen-bond donors (Lipinski definition) is 2. The highest BCUT2D eigenvalue weighted by Crippen LogP contribution is 2.39. The molecule has 4 nitrogen and oxygen atoms in total. The van der Waals surface area contributed by atoms with E-state index in [1.54, 1.807) is 7.05 Å². The molecule has 4 heteroatoms. The topological polar surface area (TPSA) is 58.6 Å². The summed E-state index contributed by atoms with van der Waals surface area (Å²) in [6.07, 6.45) is 5.83. The quantitative estimate of drug-likeness (QED) is 0.674. The van der Waals surface area contributed by atoms with Crippen molar-refractivity contribution in [3.63, 3.8) is 0 Å². The summed E-state index contributed by atoms with van der Waals surface area (Å²) in [6.45, 7) is 9.49. The van der Waals surface area contributed by atoms with E-state index in [4.69, 9.17) is 4.74 Å². The van der Waals surface area contributed by atoms with Gasteiger partial charge in [-0.2, -0.15) is 0 Å². The minimum atomic E-state index is -0.803. The Hall–Kier alpha value is -0.610. The van der Waals surface area contributed by atoms with E-state index < -0.39 is 11.5 Å². The van der Waals surface area contributed by atoms with E-state index in [0.717, 1.165) is 19.3 Å². The summed E-state index contributed by atoms with van der Waals surface area (Å²) < 4.78 is 6.03. The number of carboxylic acids is 1. The van der Waals surface area contributed by atoms with E-state index in [0.29, 0.717) is 36.9 Å². The van der Waals surface area contributed by atoms with Crippen LogP contribution in [0.1, 0.15) is 66.2 Å². The van der Waals surface area contributed by atoms with Crippen LogP contribution >= 0.6 is 0 Å². The largest absolute Gasteiger partial charge is 0.480 e. The highest BCUT2D eigenvalue weighted by Gasteiger charge is 2.35. The van der Waals surface area contributed by atoms with Crippen molar-refractivity contribution in [3.8, 4) is 0 Å². The second-order valence-electron chi connectivity index (χ2n) is 7.50. The third-order valence-electron chi connectivity index (χ3n) is 4.94. The maximum Gasteiger partial charge on any atom is 0.323 e. The summed E-state index contributed by atoms with van der Waals surface area (Å²) in [5.41, 5.74) is -0.440. The lowest BCUT2D eigenvalue weighted by Crippen LogP contribution is -2.50. The molecule has 124 valence electrons. The lowest BCUT2D eigenvalue weighted by Gasteiger charge is -2.39. The van der Waals surface area contributed by atoms with E-state index in [-0.39, 0.29) is 0 Å². The highest BCUT2D eigenvalue weighted by atomic mass is 16.5. The summed E-state index contributed by atoms with van der Waals surface area (Å²) in [4.78, 5) is 11.4. The molecule has 1 fully saturated rings. The van der Waals surface area contributed by atoms with Crippen LogP contribution in [0.2, 0.25) is 0 Å². The van der Waals surface area contributed by atoms with E-state index in [9.17, 15) is 9.90 Å². The molecule has 1 aliphatic carbocycles. The molecule has 1 rings (SSSR count). The van der Waals surface area contributed by atoms with Crippen molar-refractivity contribution in [2.45, 2.75) is 77.9 Å². The minimum absolute atomic E-state index is 0.333. The average molecular weight is 299 g/mol. The van der Waals surface area contributed by atoms with Gasteiger partial charge in [-0.3, -0.25) is 4.79 Å². The molecule has 0 aliphatic heterocycles. The number of nitrogens with one attached hydrogen (secondary N) is 1. The van der Waals surface area contributed by atoms with Crippen LogP contribution in [-0.4, -0.2) is 36.4 Å². The van der Waals surface area contributed by atoms with Gasteiger partial charge in [-0.15, -0.1) is 0 Å². The molecule has 0 radical (unpaired) electrons. The molecular formula is C17H33NO3. The number of carbonyl (C=O) groups is 1. The lowest BCUT2D eigenvalue weighted by molar-refractivity contribution is -0.145. The Balaban J connectivity index is 2.38. The molecule has 0 saturated heterocycles. The molecule has 0 aromatic carbocycles. The Morgan fingerprint density at radius 3 is 2.57 bits per heavy atom. The number of ether oxygens (including phenoxy) is 1. The van der Waals surface area contributed by atoms with Gasteiger partial charge in [0.2, 0.25) is 0 Å². The standard InChI is InChI=1S/C17H33NO3/c1-6-17(18-5,15(19)20)8-7-9-21-14-10-13(2)11-16(3,4)12-14/h13-14,18H,6-12H2,1-5H3,(H,19,20). The molecule has 0 spiro atoms. The van der Waals surface area contributed by atoms with Gasteiger partial charge in [-0.1, -0.05) is 27.7 Å². The van der Waals surface area contributed by atoms with Gasteiger partial charge in [0.05, 0.1) is 6.10 Å². The van der Waals surface area contributed by atoms with Gasteiger partial charge in [-0.05, 0) is 56.9 Å². The van der Waals surface area contributed by atoms with Crippen molar-refractivity contribution in [1.29, 1.82) is 0 Å². The van der Waals surface area contributed by atoms with Crippen molar-refractivity contribution in [3.05, 3.63) is 0 Å². The first-order chi connectivity index (χ1) is 9.74. The maximum atomic E-state index is 11.4. The molecule has 1 aliphatic rings. The van der Waals surface area contributed by atoms with E-state index >= 15 is 0 Å². The van der Waals surface area contributed by atoms with Crippen molar-refractivity contribution in [2.24, 2.45) is 11.3 Å². The van der Waals surface area contributed by atoms with Gasteiger partial charge < -0.3 is 15.2 Å². The summed E-state index contributed by atoms with van der Waals surface area (Å²) >= 11 is 0. The monoisotopic (exact) mass is 299 g/mol. The molecule has 3 atom stereocenters. The smallest absolute Gasteiger partial charge is 0.323 e. The SMILES string of the molecule is CCC(CCCOC1CC(C)CC(C)(C)C1)(NC)C(=O)O. The molecule has 21 heavy (non-hydrogen) atoms. The summed E-state index contributed by atoms with van der Waals surface area (Å²) in [6, 6.07) is 0. The molecule has 0 aromatic rings. The van der Waals surface area contributed by atoms with Crippen LogP contribution in [0.5, 0.6) is 0 Å². The Kier molecular flexibility index (Phi) is 6.67. The van der Waals surface area contributed by atoms with Gasteiger partial charge in [0.1, 0.15) is 5.54 Å².